The van der Waals surface area contributed by atoms with Crippen LogP contribution in [0, 0.1) is 0 Å². The van der Waals surface area contributed by atoms with Gasteiger partial charge >= 0.3 is 0 Å². The first-order valence-electron chi connectivity index (χ1n) is 8.42. The van der Waals surface area contributed by atoms with Gasteiger partial charge in [0.15, 0.2) is 0 Å². The Kier molecular flexibility index (Phi) is 6.87. The maximum Gasteiger partial charge on any atom is 0.236 e. The zero-order valence-electron chi connectivity index (χ0n) is 13.7. The van der Waals surface area contributed by atoms with E-state index in [0.717, 1.165) is 25.9 Å². The molecule has 1 aromatic rings. The maximum absolute atomic E-state index is 12.6. The Morgan fingerprint density at radius 3 is 2.50 bits per heavy atom. The molecule has 0 aliphatic heterocycles. The fourth-order valence-electron chi connectivity index (χ4n) is 3.21. The molecule has 1 aromatic carbocycles. The number of benzene rings is 1. The zero-order valence-corrected chi connectivity index (χ0v) is 13.7. The van der Waals surface area contributed by atoms with Crippen molar-refractivity contribution in [1.82, 2.24) is 9.80 Å². The Hall–Kier alpha value is -1.39. The Labute approximate surface area is 134 Å². The summed E-state index contributed by atoms with van der Waals surface area (Å²) in [6.45, 7) is 2.56. The SMILES string of the molecule is CN(C(=O)CN(CCN)Cc1ccccc1)C1CCCCC1. The summed E-state index contributed by atoms with van der Waals surface area (Å²) >= 11 is 0. The van der Waals surface area contributed by atoms with Gasteiger partial charge in [-0.15, -0.1) is 0 Å². The van der Waals surface area contributed by atoms with Gasteiger partial charge < -0.3 is 10.6 Å². The van der Waals surface area contributed by atoms with E-state index in [2.05, 4.69) is 17.0 Å². The molecule has 4 nitrogen and oxygen atoms in total. The van der Waals surface area contributed by atoms with Crippen LogP contribution < -0.4 is 5.73 Å². The lowest BCUT2D eigenvalue weighted by Gasteiger charge is -2.33. The minimum absolute atomic E-state index is 0.219. The van der Waals surface area contributed by atoms with E-state index in [-0.39, 0.29) is 5.91 Å². The molecular weight excluding hydrogens is 274 g/mol. The van der Waals surface area contributed by atoms with Crippen molar-refractivity contribution in [3.8, 4) is 0 Å². The summed E-state index contributed by atoms with van der Waals surface area (Å²) in [7, 11) is 1.96. The van der Waals surface area contributed by atoms with Crippen molar-refractivity contribution < 1.29 is 4.79 Å². The molecule has 0 bridgehead atoms. The highest BCUT2D eigenvalue weighted by Crippen LogP contribution is 2.21. The second kappa shape index (κ2) is 8.91. The lowest BCUT2D eigenvalue weighted by Crippen LogP contribution is -2.44. The first kappa shape index (κ1) is 17.0. The topological polar surface area (TPSA) is 49.6 Å². The van der Waals surface area contributed by atoms with Gasteiger partial charge in [0.1, 0.15) is 0 Å². The highest BCUT2D eigenvalue weighted by Gasteiger charge is 2.23. The zero-order chi connectivity index (χ0) is 15.8. The number of nitrogens with two attached hydrogens (primary N) is 1. The molecule has 1 fully saturated rings. The Bertz CT molecular complexity index is 443. The van der Waals surface area contributed by atoms with Gasteiger partial charge in [-0.3, -0.25) is 9.69 Å². The number of hydrogen-bond acceptors (Lipinski definition) is 3. The van der Waals surface area contributed by atoms with Crippen LogP contribution in [-0.2, 0) is 11.3 Å². The summed E-state index contributed by atoms with van der Waals surface area (Å²) in [4.78, 5) is 16.7. The smallest absolute Gasteiger partial charge is 0.236 e. The number of carbonyl (C=O) groups excluding carboxylic acids is 1. The molecule has 0 atom stereocenters. The van der Waals surface area contributed by atoms with Gasteiger partial charge in [-0.25, -0.2) is 0 Å². The van der Waals surface area contributed by atoms with Gasteiger partial charge in [-0.05, 0) is 18.4 Å². The molecule has 2 N–H and O–H groups in total. The summed E-state index contributed by atoms with van der Waals surface area (Å²) < 4.78 is 0. The highest BCUT2D eigenvalue weighted by molar-refractivity contribution is 5.78. The van der Waals surface area contributed by atoms with E-state index in [0.29, 0.717) is 19.1 Å². The predicted molar refractivity (Wildman–Crippen MR) is 90.4 cm³/mol. The standard InChI is InChI=1S/C18H29N3O/c1-20(17-10-6-3-7-11-17)18(22)15-21(13-12-19)14-16-8-4-2-5-9-16/h2,4-5,8-9,17H,3,6-7,10-15,19H2,1H3. The number of likely N-dealkylation sites (N-methyl/N-ethyl adjacent to an activating group) is 1. The molecule has 2 rings (SSSR count). The van der Waals surface area contributed by atoms with Crippen molar-refractivity contribution in [2.75, 3.05) is 26.7 Å². The molecule has 122 valence electrons. The number of rotatable bonds is 7. The van der Waals surface area contributed by atoms with E-state index in [4.69, 9.17) is 5.73 Å². The molecule has 0 saturated heterocycles. The van der Waals surface area contributed by atoms with Crippen LogP contribution in [0.25, 0.3) is 0 Å². The van der Waals surface area contributed by atoms with E-state index in [1.165, 1.54) is 24.8 Å². The predicted octanol–water partition coefficient (Wildman–Crippen LogP) is 2.24. The minimum Gasteiger partial charge on any atom is -0.342 e. The fraction of sp³-hybridized carbons (Fsp3) is 0.611. The van der Waals surface area contributed by atoms with Crippen molar-refractivity contribution in [2.45, 2.75) is 44.7 Å². The minimum atomic E-state index is 0.219. The van der Waals surface area contributed by atoms with Crippen LogP contribution in [0.5, 0.6) is 0 Å². The second-order valence-corrected chi connectivity index (χ2v) is 6.28. The average molecular weight is 303 g/mol. The summed E-state index contributed by atoms with van der Waals surface area (Å²) in [5.41, 5.74) is 6.94. The van der Waals surface area contributed by atoms with Crippen molar-refractivity contribution in [3.05, 3.63) is 35.9 Å². The molecule has 4 heteroatoms. The summed E-state index contributed by atoms with van der Waals surface area (Å²) in [6, 6.07) is 10.7. The van der Waals surface area contributed by atoms with Gasteiger partial charge in [-0.1, -0.05) is 49.6 Å². The Morgan fingerprint density at radius 2 is 1.86 bits per heavy atom. The van der Waals surface area contributed by atoms with Gasteiger partial charge in [0.2, 0.25) is 5.91 Å². The third-order valence-corrected chi connectivity index (χ3v) is 4.57. The largest absolute Gasteiger partial charge is 0.342 e. The van der Waals surface area contributed by atoms with E-state index in [1.54, 1.807) is 0 Å². The first-order chi connectivity index (χ1) is 10.7. The van der Waals surface area contributed by atoms with Crippen LogP contribution in [0.1, 0.15) is 37.7 Å². The molecule has 0 unspecified atom stereocenters. The summed E-state index contributed by atoms with van der Waals surface area (Å²) in [6.07, 6.45) is 6.11. The third kappa shape index (κ3) is 5.11. The quantitative estimate of drug-likeness (QED) is 0.840. The van der Waals surface area contributed by atoms with Crippen molar-refractivity contribution in [2.24, 2.45) is 5.73 Å². The fourth-order valence-corrected chi connectivity index (χ4v) is 3.21. The number of carbonyl (C=O) groups is 1. The normalized spacial score (nSPS) is 16.0. The van der Waals surface area contributed by atoms with Crippen LogP contribution in [0.4, 0.5) is 0 Å². The second-order valence-electron chi connectivity index (χ2n) is 6.28. The number of nitrogens with zero attached hydrogens (tertiary/aromatic N) is 2. The monoisotopic (exact) mass is 303 g/mol. The Morgan fingerprint density at radius 1 is 1.18 bits per heavy atom. The first-order valence-corrected chi connectivity index (χ1v) is 8.42. The molecule has 1 aliphatic rings. The molecule has 0 heterocycles. The van der Waals surface area contributed by atoms with E-state index in [9.17, 15) is 4.79 Å². The van der Waals surface area contributed by atoms with Crippen molar-refractivity contribution in [3.63, 3.8) is 0 Å². The van der Waals surface area contributed by atoms with Crippen LogP contribution in [0.15, 0.2) is 30.3 Å². The van der Waals surface area contributed by atoms with E-state index < -0.39 is 0 Å². The molecule has 22 heavy (non-hydrogen) atoms. The highest BCUT2D eigenvalue weighted by atomic mass is 16.2. The van der Waals surface area contributed by atoms with Crippen molar-refractivity contribution in [1.29, 1.82) is 0 Å². The van der Waals surface area contributed by atoms with Crippen LogP contribution >= 0.6 is 0 Å². The van der Waals surface area contributed by atoms with E-state index in [1.807, 2.05) is 30.1 Å². The maximum atomic E-state index is 12.6. The van der Waals surface area contributed by atoms with Crippen molar-refractivity contribution >= 4 is 5.91 Å². The Balaban J connectivity index is 1.90. The number of hydrogen-bond donors (Lipinski definition) is 1. The van der Waals surface area contributed by atoms with Gasteiger partial charge in [0, 0.05) is 32.7 Å². The lowest BCUT2D eigenvalue weighted by atomic mass is 9.94. The number of amides is 1. The summed E-state index contributed by atoms with van der Waals surface area (Å²) in [5, 5.41) is 0. The molecule has 1 saturated carbocycles. The molecule has 0 aromatic heterocycles. The van der Waals surface area contributed by atoms with Gasteiger partial charge in [-0.2, -0.15) is 0 Å². The molecule has 1 amide bonds. The average Bonchev–Trinajstić information content (AvgIpc) is 2.56. The van der Waals surface area contributed by atoms with Crippen LogP contribution in [0.3, 0.4) is 0 Å². The van der Waals surface area contributed by atoms with Crippen LogP contribution in [-0.4, -0.2) is 48.4 Å². The lowest BCUT2D eigenvalue weighted by molar-refractivity contribution is -0.133. The van der Waals surface area contributed by atoms with E-state index >= 15 is 0 Å². The van der Waals surface area contributed by atoms with Gasteiger partial charge in [0.25, 0.3) is 0 Å². The third-order valence-electron chi connectivity index (χ3n) is 4.57. The molecular formula is C18H29N3O. The molecule has 0 radical (unpaired) electrons. The molecule has 0 spiro atoms. The van der Waals surface area contributed by atoms with Crippen LogP contribution in [0.2, 0.25) is 0 Å². The van der Waals surface area contributed by atoms with Gasteiger partial charge in [0.05, 0.1) is 6.54 Å². The summed E-state index contributed by atoms with van der Waals surface area (Å²) in [5.74, 6) is 0.219. The molecule has 1 aliphatic carbocycles.